The Morgan fingerprint density at radius 2 is 1.52 bits per heavy atom. The summed E-state index contributed by atoms with van der Waals surface area (Å²) in [6.45, 7) is 2.33. The van der Waals surface area contributed by atoms with Gasteiger partial charge in [-0.3, -0.25) is 9.59 Å². The summed E-state index contributed by atoms with van der Waals surface area (Å²) < 4.78 is 32.3. The van der Waals surface area contributed by atoms with Crippen LogP contribution in [-0.4, -0.2) is 18.4 Å². The van der Waals surface area contributed by atoms with Crippen molar-refractivity contribution in [1.82, 2.24) is 0 Å². The van der Waals surface area contributed by atoms with E-state index in [-0.39, 0.29) is 17.0 Å². The lowest BCUT2D eigenvalue weighted by molar-refractivity contribution is -0.120. The molecule has 0 bridgehead atoms. The zero-order valence-corrected chi connectivity index (χ0v) is 16.6. The number of anilines is 2. The first-order chi connectivity index (χ1) is 15.0. The molecule has 0 unspecified atom stereocenters. The van der Waals surface area contributed by atoms with Crippen LogP contribution in [0.15, 0.2) is 78.5 Å². The Hall–Kier alpha value is -4.00. The zero-order chi connectivity index (χ0) is 22.0. The van der Waals surface area contributed by atoms with E-state index in [1.807, 2.05) is 6.92 Å². The average Bonchev–Trinajstić information content (AvgIpc) is 3.00. The molecule has 156 valence electrons. The largest absolute Gasteiger partial charge is 0.494 e. The molecule has 0 aliphatic carbocycles. The summed E-state index contributed by atoms with van der Waals surface area (Å²) in [6, 6.07) is 17.3. The smallest absolute Gasteiger partial charge is 0.282 e. The third-order valence-corrected chi connectivity index (χ3v) is 4.72. The number of imide groups is 1. The lowest BCUT2D eigenvalue weighted by atomic mass is 10.0. The number of hydrogen-bond acceptors (Lipinski definition) is 4. The van der Waals surface area contributed by atoms with Crippen molar-refractivity contribution in [3.8, 4) is 5.75 Å². The normalized spacial score (nSPS) is 13.7. The quantitative estimate of drug-likeness (QED) is 0.584. The van der Waals surface area contributed by atoms with Crippen LogP contribution in [0, 0.1) is 11.6 Å². The highest BCUT2D eigenvalue weighted by Gasteiger charge is 2.40. The summed E-state index contributed by atoms with van der Waals surface area (Å²) in [5.41, 5.74) is 1.29. The van der Waals surface area contributed by atoms with E-state index in [2.05, 4.69) is 5.32 Å². The van der Waals surface area contributed by atoms with Crippen LogP contribution in [0.5, 0.6) is 5.75 Å². The van der Waals surface area contributed by atoms with Gasteiger partial charge in [0.15, 0.2) is 0 Å². The second kappa shape index (κ2) is 8.39. The molecule has 0 fully saturated rings. The van der Waals surface area contributed by atoms with Crippen molar-refractivity contribution in [2.24, 2.45) is 0 Å². The first-order valence-electron chi connectivity index (χ1n) is 9.62. The van der Waals surface area contributed by atoms with Gasteiger partial charge in [0.05, 0.1) is 17.9 Å². The van der Waals surface area contributed by atoms with E-state index in [0.717, 1.165) is 4.90 Å². The Morgan fingerprint density at radius 3 is 2.16 bits per heavy atom. The van der Waals surface area contributed by atoms with Crippen molar-refractivity contribution in [2.75, 3.05) is 16.8 Å². The number of ether oxygens (including phenoxy) is 1. The van der Waals surface area contributed by atoms with Crippen LogP contribution in [0.25, 0.3) is 5.57 Å². The van der Waals surface area contributed by atoms with Crippen molar-refractivity contribution < 1.29 is 23.1 Å². The molecule has 1 heterocycles. The van der Waals surface area contributed by atoms with Crippen LogP contribution < -0.4 is 15.0 Å². The van der Waals surface area contributed by atoms with Gasteiger partial charge in [-0.2, -0.15) is 0 Å². The van der Waals surface area contributed by atoms with Crippen LogP contribution >= 0.6 is 0 Å². The van der Waals surface area contributed by atoms with Crippen LogP contribution in [0.3, 0.4) is 0 Å². The fourth-order valence-electron chi connectivity index (χ4n) is 3.33. The summed E-state index contributed by atoms with van der Waals surface area (Å²) in [5.74, 6) is -1.54. The van der Waals surface area contributed by atoms with Gasteiger partial charge in [0.25, 0.3) is 11.8 Å². The highest BCUT2D eigenvalue weighted by molar-refractivity contribution is 6.46. The SMILES string of the molecule is CCOc1cccc(NC2=C(c3ccc(F)cc3)C(=O)N(c3ccc(F)cc3)C2=O)c1. The predicted molar refractivity (Wildman–Crippen MR) is 113 cm³/mol. The molecule has 1 N–H and O–H groups in total. The van der Waals surface area contributed by atoms with E-state index in [9.17, 15) is 18.4 Å². The summed E-state index contributed by atoms with van der Waals surface area (Å²) in [4.78, 5) is 27.5. The van der Waals surface area contributed by atoms with Gasteiger partial charge in [-0.1, -0.05) is 18.2 Å². The summed E-state index contributed by atoms with van der Waals surface area (Å²) in [5, 5.41) is 3.01. The number of carbonyl (C=O) groups excluding carboxylic acids is 2. The number of rotatable bonds is 6. The topological polar surface area (TPSA) is 58.6 Å². The summed E-state index contributed by atoms with van der Waals surface area (Å²) >= 11 is 0. The van der Waals surface area contributed by atoms with Gasteiger partial charge in [0, 0.05) is 11.8 Å². The van der Waals surface area contributed by atoms with Gasteiger partial charge >= 0.3 is 0 Å². The molecular formula is C24H18F2N2O3. The first kappa shape index (κ1) is 20.3. The monoisotopic (exact) mass is 420 g/mol. The number of benzene rings is 3. The van der Waals surface area contributed by atoms with Gasteiger partial charge in [0.2, 0.25) is 0 Å². The van der Waals surface area contributed by atoms with Gasteiger partial charge < -0.3 is 10.1 Å². The maximum Gasteiger partial charge on any atom is 0.282 e. The predicted octanol–water partition coefficient (Wildman–Crippen LogP) is 4.76. The number of nitrogens with zero attached hydrogens (tertiary/aromatic N) is 1. The molecule has 0 radical (unpaired) electrons. The van der Waals surface area contributed by atoms with Crippen LogP contribution in [-0.2, 0) is 9.59 Å². The van der Waals surface area contributed by atoms with Crippen LogP contribution in [0.4, 0.5) is 20.2 Å². The van der Waals surface area contributed by atoms with E-state index < -0.39 is 23.4 Å². The molecule has 2 amide bonds. The first-order valence-corrected chi connectivity index (χ1v) is 9.62. The maximum atomic E-state index is 13.4. The molecule has 4 rings (SSSR count). The van der Waals surface area contributed by atoms with Crippen LogP contribution in [0.1, 0.15) is 12.5 Å². The maximum absolute atomic E-state index is 13.4. The van der Waals surface area contributed by atoms with Gasteiger partial charge in [-0.15, -0.1) is 0 Å². The third-order valence-electron chi connectivity index (χ3n) is 4.72. The van der Waals surface area contributed by atoms with Gasteiger partial charge in [-0.05, 0) is 61.0 Å². The fourth-order valence-corrected chi connectivity index (χ4v) is 3.33. The molecule has 1 aliphatic rings. The minimum atomic E-state index is -0.599. The Labute approximate surface area is 177 Å². The lowest BCUT2D eigenvalue weighted by Gasteiger charge is -2.15. The number of hydrogen-bond donors (Lipinski definition) is 1. The molecule has 7 heteroatoms. The van der Waals surface area contributed by atoms with E-state index in [1.165, 1.54) is 48.5 Å². The van der Waals surface area contributed by atoms with Crippen molar-refractivity contribution in [3.63, 3.8) is 0 Å². The van der Waals surface area contributed by atoms with E-state index >= 15 is 0 Å². The Balaban J connectivity index is 1.78. The minimum absolute atomic E-state index is 0.0366. The van der Waals surface area contributed by atoms with Crippen LogP contribution in [0.2, 0.25) is 0 Å². The number of amides is 2. The average molecular weight is 420 g/mol. The summed E-state index contributed by atoms with van der Waals surface area (Å²) in [7, 11) is 0. The molecule has 0 aromatic heterocycles. The summed E-state index contributed by atoms with van der Waals surface area (Å²) in [6.07, 6.45) is 0. The zero-order valence-electron chi connectivity index (χ0n) is 16.6. The van der Waals surface area contributed by atoms with Crippen molar-refractivity contribution in [1.29, 1.82) is 0 Å². The Bertz CT molecular complexity index is 1170. The molecule has 1 aliphatic heterocycles. The van der Waals surface area contributed by atoms with Crippen molar-refractivity contribution in [3.05, 3.63) is 95.7 Å². The highest BCUT2D eigenvalue weighted by Crippen LogP contribution is 2.34. The Morgan fingerprint density at radius 1 is 0.871 bits per heavy atom. The molecule has 0 saturated carbocycles. The lowest BCUT2D eigenvalue weighted by Crippen LogP contribution is -2.32. The number of nitrogens with one attached hydrogen (secondary N) is 1. The molecule has 31 heavy (non-hydrogen) atoms. The second-order valence-electron chi connectivity index (χ2n) is 6.76. The third kappa shape index (κ3) is 4.02. The molecule has 5 nitrogen and oxygen atoms in total. The van der Waals surface area contributed by atoms with E-state index in [1.54, 1.807) is 24.3 Å². The molecule has 0 spiro atoms. The van der Waals surface area contributed by atoms with E-state index in [4.69, 9.17) is 4.74 Å². The second-order valence-corrected chi connectivity index (χ2v) is 6.76. The fraction of sp³-hybridized carbons (Fsp3) is 0.0833. The number of carbonyl (C=O) groups is 2. The standard InChI is InChI=1S/C24H18F2N2O3/c1-2-31-20-5-3-4-18(14-20)27-22-21(15-6-8-16(25)9-7-15)23(29)28(24(22)30)19-12-10-17(26)11-13-19/h3-14,27H,2H2,1H3. The van der Waals surface area contributed by atoms with Gasteiger partial charge in [0.1, 0.15) is 23.1 Å². The molecule has 0 saturated heterocycles. The number of halogens is 2. The van der Waals surface area contributed by atoms with Crippen molar-refractivity contribution in [2.45, 2.75) is 6.92 Å². The van der Waals surface area contributed by atoms with Crippen molar-refractivity contribution >= 4 is 28.8 Å². The molecule has 3 aromatic rings. The van der Waals surface area contributed by atoms with E-state index in [0.29, 0.717) is 23.6 Å². The Kier molecular flexibility index (Phi) is 5.49. The molecule has 0 atom stereocenters. The molecular weight excluding hydrogens is 402 g/mol. The van der Waals surface area contributed by atoms with Gasteiger partial charge in [-0.25, -0.2) is 13.7 Å². The highest BCUT2D eigenvalue weighted by atomic mass is 19.1. The molecule has 3 aromatic carbocycles. The minimum Gasteiger partial charge on any atom is -0.494 e.